The van der Waals surface area contributed by atoms with E-state index in [2.05, 4.69) is 4.98 Å². The Bertz CT molecular complexity index is 973. The molecule has 2 aromatic carbocycles. The highest BCUT2D eigenvalue weighted by molar-refractivity contribution is 8.00. The number of carbonyl (C=O) groups is 1. The summed E-state index contributed by atoms with van der Waals surface area (Å²) < 4.78 is 6.91. The van der Waals surface area contributed by atoms with Crippen molar-refractivity contribution in [1.29, 1.82) is 0 Å². The maximum atomic E-state index is 12.1. The van der Waals surface area contributed by atoms with Crippen molar-refractivity contribution in [1.82, 2.24) is 9.55 Å². The third kappa shape index (κ3) is 2.69. The number of benzene rings is 2. The standard InChI is InChI=1S/C19H17ClN2O3S/c1-2-25-17(23)11-16-19(24,12-7-9-13(20)10-8-12)22-15-6-4-3-5-14(15)21-18(22)26-16/h3-10,16,24H,2,11H2,1H3. The minimum Gasteiger partial charge on any atom is -0.466 e. The molecule has 4 rings (SSSR count). The Morgan fingerprint density at radius 2 is 2.04 bits per heavy atom. The van der Waals surface area contributed by atoms with E-state index >= 15 is 0 Å². The van der Waals surface area contributed by atoms with Crippen LogP contribution in [0.5, 0.6) is 0 Å². The second-order valence-corrected chi connectivity index (χ2v) is 7.67. The first-order chi connectivity index (χ1) is 12.5. The Kier molecular flexibility index (Phi) is 4.42. The van der Waals surface area contributed by atoms with Crippen LogP contribution < -0.4 is 0 Å². The molecular weight excluding hydrogens is 372 g/mol. The van der Waals surface area contributed by atoms with Crippen LogP contribution in [0.15, 0.2) is 53.7 Å². The van der Waals surface area contributed by atoms with E-state index in [1.807, 2.05) is 24.3 Å². The van der Waals surface area contributed by atoms with Crippen LogP contribution in [-0.2, 0) is 15.3 Å². The Balaban J connectivity index is 1.86. The van der Waals surface area contributed by atoms with E-state index in [-0.39, 0.29) is 12.4 Å². The lowest BCUT2D eigenvalue weighted by Crippen LogP contribution is -2.41. The highest BCUT2D eigenvalue weighted by atomic mass is 35.5. The summed E-state index contributed by atoms with van der Waals surface area (Å²) in [5.41, 5.74) is 0.856. The molecule has 3 aromatic rings. The molecule has 1 aliphatic rings. The molecule has 5 nitrogen and oxygen atoms in total. The first-order valence-electron chi connectivity index (χ1n) is 8.32. The number of esters is 1. The van der Waals surface area contributed by atoms with Gasteiger partial charge in [-0.15, -0.1) is 0 Å². The van der Waals surface area contributed by atoms with Gasteiger partial charge in [-0.25, -0.2) is 4.98 Å². The zero-order valence-corrected chi connectivity index (χ0v) is 15.6. The summed E-state index contributed by atoms with van der Waals surface area (Å²) in [6.07, 6.45) is 0.0787. The smallest absolute Gasteiger partial charge is 0.307 e. The molecule has 26 heavy (non-hydrogen) atoms. The van der Waals surface area contributed by atoms with Gasteiger partial charge in [-0.1, -0.05) is 47.6 Å². The van der Waals surface area contributed by atoms with Gasteiger partial charge < -0.3 is 9.84 Å². The molecule has 2 atom stereocenters. The monoisotopic (exact) mass is 388 g/mol. The van der Waals surface area contributed by atoms with E-state index in [1.54, 1.807) is 35.8 Å². The van der Waals surface area contributed by atoms with Gasteiger partial charge in [0.2, 0.25) is 0 Å². The lowest BCUT2D eigenvalue weighted by molar-refractivity contribution is -0.144. The maximum absolute atomic E-state index is 12.1. The van der Waals surface area contributed by atoms with Crippen molar-refractivity contribution >= 4 is 40.4 Å². The largest absolute Gasteiger partial charge is 0.466 e. The number of thioether (sulfide) groups is 1. The molecule has 0 saturated carbocycles. The van der Waals surface area contributed by atoms with E-state index in [9.17, 15) is 9.90 Å². The molecule has 1 aromatic heterocycles. The molecule has 0 saturated heterocycles. The van der Waals surface area contributed by atoms with Gasteiger partial charge in [0.1, 0.15) is 0 Å². The average molecular weight is 389 g/mol. The third-order valence-electron chi connectivity index (χ3n) is 4.49. The molecule has 7 heteroatoms. The van der Waals surface area contributed by atoms with Crippen LogP contribution in [0.1, 0.15) is 18.9 Å². The molecule has 1 N–H and O–H groups in total. The van der Waals surface area contributed by atoms with Crippen LogP contribution in [0.25, 0.3) is 11.0 Å². The van der Waals surface area contributed by atoms with Crippen LogP contribution in [0, 0.1) is 0 Å². The number of hydrogen-bond donors (Lipinski definition) is 1. The van der Waals surface area contributed by atoms with Gasteiger partial charge in [-0.3, -0.25) is 9.36 Å². The van der Waals surface area contributed by atoms with E-state index in [1.165, 1.54) is 11.8 Å². The minimum absolute atomic E-state index is 0.0787. The Labute approximate surface area is 159 Å². The second-order valence-electron chi connectivity index (χ2n) is 6.07. The van der Waals surface area contributed by atoms with Crippen molar-refractivity contribution in [2.75, 3.05) is 6.61 Å². The zero-order chi connectivity index (χ0) is 18.3. The number of rotatable bonds is 4. The predicted molar refractivity (Wildman–Crippen MR) is 101 cm³/mol. The van der Waals surface area contributed by atoms with Gasteiger partial charge in [0, 0.05) is 10.6 Å². The number of aliphatic hydroxyl groups is 1. The SMILES string of the molecule is CCOC(=O)CC1Sc2nc3ccccc3n2C1(O)c1ccc(Cl)cc1. The summed E-state index contributed by atoms with van der Waals surface area (Å²) in [7, 11) is 0. The van der Waals surface area contributed by atoms with Crippen molar-refractivity contribution in [3.05, 3.63) is 59.1 Å². The van der Waals surface area contributed by atoms with Crippen molar-refractivity contribution in [2.24, 2.45) is 0 Å². The van der Waals surface area contributed by atoms with E-state index < -0.39 is 11.0 Å². The van der Waals surface area contributed by atoms with Crippen LogP contribution in [0.4, 0.5) is 0 Å². The van der Waals surface area contributed by atoms with Gasteiger partial charge in [-0.05, 0) is 31.2 Å². The average Bonchev–Trinajstić information content (AvgIpc) is 3.11. The summed E-state index contributed by atoms with van der Waals surface area (Å²) >= 11 is 7.41. The van der Waals surface area contributed by atoms with Gasteiger partial charge >= 0.3 is 5.97 Å². The fourth-order valence-electron chi connectivity index (χ4n) is 3.33. The van der Waals surface area contributed by atoms with Crippen molar-refractivity contribution in [2.45, 2.75) is 29.5 Å². The molecule has 0 spiro atoms. The van der Waals surface area contributed by atoms with Gasteiger partial charge in [0.25, 0.3) is 0 Å². The summed E-state index contributed by atoms with van der Waals surface area (Å²) in [6, 6.07) is 14.7. The van der Waals surface area contributed by atoms with E-state index in [0.29, 0.717) is 22.3 Å². The number of carbonyl (C=O) groups excluding carboxylic acids is 1. The van der Waals surface area contributed by atoms with Crippen molar-refractivity contribution in [3.8, 4) is 0 Å². The Hall–Kier alpha value is -2.02. The number of imidazole rings is 1. The topological polar surface area (TPSA) is 64.3 Å². The molecule has 0 bridgehead atoms. The molecule has 0 amide bonds. The molecule has 2 heterocycles. The van der Waals surface area contributed by atoms with Crippen LogP contribution in [0.3, 0.4) is 0 Å². The summed E-state index contributed by atoms with van der Waals surface area (Å²) in [5, 5.41) is 12.6. The fourth-order valence-corrected chi connectivity index (χ4v) is 4.83. The summed E-state index contributed by atoms with van der Waals surface area (Å²) in [5.74, 6) is -0.340. The number of para-hydroxylation sites is 2. The number of halogens is 1. The lowest BCUT2D eigenvalue weighted by atomic mass is 9.96. The molecule has 0 fully saturated rings. The highest BCUT2D eigenvalue weighted by Crippen LogP contribution is 2.49. The van der Waals surface area contributed by atoms with E-state index in [4.69, 9.17) is 16.3 Å². The first kappa shape index (κ1) is 17.4. The Morgan fingerprint density at radius 1 is 1.31 bits per heavy atom. The predicted octanol–water partition coefficient (Wildman–Crippen LogP) is 3.81. The van der Waals surface area contributed by atoms with E-state index in [0.717, 1.165) is 11.0 Å². The first-order valence-corrected chi connectivity index (χ1v) is 9.58. The lowest BCUT2D eigenvalue weighted by Gasteiger charge is -2.31. The highest BCUT2D eigenvalue weighted by Gasteiger charge is 2.50. The van der Waals surface area contributed by atoms with Crippen LogP contribution >= 0.6 is 23.4 Å². The number of hydrogen-bond acceptors (Lipinski definition) is 5. The van der Waals surface area contributed by atoms with Crippen LogP contribution in [-0.4, -0.2) is 32.5 Å². The number of nitrogens with zero attached hydrogens (tertiary/aromatic N) is 2. The summed E-state index contributed by atoms with van der Waals surface area (Å²) in [6.45, 7) is 2.08. The molecule has 1 aliphatic heterocycles. The number of fused-ring (bicyclic) bond motifs is 3. The quantitative estimate of drug-likeness (QED) is 0.688. The number of ether oxygens (including phenoxy) is 1. The zero-order valence-electron chi connectivity index (χ0n) is 14.1. The van der Waals surface area contributed by atoms with Gasteiger partial charge in [0.05, 0.1) is 29.3 Å². The fraction of sp³-hybridized carbons (Fsp3) is 0.263. The van der Waals surface area contributed by atoms with Gasteiger partial charge in [-0.2, -0.15) is 0 Å². The van der Waals surface area contributed by atoms with Crippen LogP contribution in [0.2, 0.25) is 5.02 Å². The molecule has 2 unspecified atom stereocenters. The third-order valence-corrected chi connectivity index (χ3v) is 6.01. The van der Waals surface area contributed by atoms with Crippen molar-refractivity contribution in [3.63, 3.8) is 0 Å². The molecule has 0 aliphatic carbocycles. The normalized spacial score (nSPS) is 21.7. The second kappa shape index (κ2) is 6.61. The minimum atomic E-state index is -1.42. The molecule has 0 radical (unpaired) electrons. The van der Waals surface area contributed by atoms with Crippen molar-refractivity contribution < 1.29 is 14.6 Å². The number of aromatic nitrogens is 2. The maximum Gasteiger partial charge on any atom is 0.307 e. The van der Waals surface area contributed by atoms with Gasteiger partial charge in [0.15, 0.2) is 10.9 Å². The molecular formula is C19H17ClN2O3S. The Morgan fingerprint density at radius 3 is 2.77 bits per heavy atom. The summed E-state index contributed by atoms with van der Waals surface area (Å²) in [4.78, 5) is 16.7. The molecule has 134 valence electrons.